The Bertz CT molecular complexity index is 893. The number of hydrogen-bond donors (Lipinski definition) is 2. The number of thiocarbonyl (C=S) groups is 1. The Balaban J connectivity index is 1.96. The molecule has 1 aliphatic heterocycles. The van der Waals surface area contributed by atoms with Gasteiger partial charge in [-0.2, -0.15) is 0 Å². The molecule has 0 spiro atoms. The summed E-state index contributed by atoms with van der Waals surface area (Å²) in [6, 6.07) is 9.13. The van der Waals surface area contributed by atoms with Crippen molar-refractivity contribution in [1.82, 2.24) is 10.6 Å². The fraction of sp³-hybridized carbons (Fsp3) is 0. The first-order chi connectivity index (χ1) is 11.5. The highest BCUT2D eigenvalue weighted by molar-refractivity contribution is 7.80. The number of carbonyl (C=O) groups excluding carboxylic acids is 2. The van der Waals surface area contributed by atoms with E-state index in [1.807, 2.05) is 0 Å². The van der Waals surface area contributed by atoms with Gasteiger partial charge in [0.1, 0.15) is 17.1 Å². The number of benzene rings is 1. The third-order valence-corrected chi connectivity index (χ3v) is 3.43. The Morgan fingerprint density at radius 1 is 1.08 bits per heavy atom. The quantitative estimate of drug-likeness (QED) is 0.289. The van der Waals surface area contributed by atoms with Crippen LogP contribution in [0.2, 0.25) is 0 Å². The molecule has 0 aliphatic carbocycles. The highest BCUT2D eigenvalue weighted by atomic mass is 32.1. The number of rotatable bonds is 3. The van der Waals surface area contributed by atoms with Gasteiger partial charge in [-0.1, -0.05) is 12.1 Å². The maximum absolute atomic E-state index is 11.8. The maximum atomic E-state index is 11.8. The predicted molar refractivity (Wildman–Crippen MR) is 87.7 cm³/mol. The average molecular weight is 343 g/mol. The van der Waals surface area contributed by atoms with Crippen molar-refractivity contribution in [1.29, 1.82) is 0 Å². The second-order valence-corrected chi connectivity index (χ2v) is 5.18. The Kier molecular flexibility index (Phi) is 3.92. The molecule has 0 bridgehead atoms. The van der Waals surface area contributed by atoms with Crippen molar-refractivity contribution in [2.75, 3.05) is 0 Å². The molecule has 120 valence electrons. The van der Waals surface area contributed by atoms with Crippen molar-refractivity contribution in [3.63, 3.8) is 0 Å². The van der Waals surface area contributed by atoms with Gasteiger partial charge < -0.3 is 4.42 Å². The fourth-order valence-electron chi connectivity index (χ4n) is 2.16. The van der Waals surface area contributed by atoms with E-state index in [1.54, 1.807) is 18.2 Å². The van der Waals surface area contributed by atoms with Crippen molar-refractivity contribution in [2.24, 2.45) is 0 Å². The first-order valence-corrected chi connectivity index (χ1v) is 7.08. The van der Waals surface area contributed by atoms with Crippen LogP contribution in [0.15, 0.2) is 46.4 Å². The molecule has 0 radical (unpaired) electrons. The summed E-state index contributed by atoms with van der Waals surface area (Å²) >= 11 is 4.71. The molecular weight excluding hydrogens is 334 g/mol. The topological polar surface area (TPSA) is 114 Å². The Labute approximate surface area is 140 Å². The van der Waals surface area contributed by atoms with Crippen LogP contribution in [0.3, 0.4) is 0 Å². The summed E-state index contributed by atoms with van der Waals surface area (Å²) in [6.45, 7) is 0. The van der Waals surface area contributed by atoms with Gasteiger partial charge in [-0.25, -0.2) is 0 Å². The van der Waals surface area contributed by atoms with E-state index in [9.17, 15) is 19.7 Å². The summed E-state index contributed by atoms with van der Waals surface area (Å²) in [5.41, 5.74) is 0.0162. The van der Waals surface area contributed by atoms with Gasteiger partial charge in [-0.3, -0.25) is 30.3 Å². The lowest BCUT2D eigenvalue weighted by atomic mass is 10.1. The van der Waals surface area contributed by atoms with Crippen molar-refractivity contribution in [3.05, 3.63) is 57.8 Å². The molecule has 1 aromatic heterocycles. The minimum absolute atomic E-state index is 0.0674. The molecule has 9 heteroatoms. The van der Waals surface area contributed by atoms with E-state index in [-0.39, 0.29) is 27.9 Å². The lowest BCUT2D eigenvalue weighted by Gasteiger charge is -2.15. The maximum Gasteiger partial charge on any atom is 0.280 e. The normalized spacial score (nSPS) is 14.2. The van der Waals surface area contributed by atoms with Gasteiger partial charge in [0.15, 0.2) is 5.11 Å². The second-order valence-electron chi connectivity index (χ2n) is 4.77. The molecule has 1 fully saturated rings. The molecule has 0 unspecified atom stereocenters. The summed E-state index contributed by atoms with van der Waals surface area (Å²) < 4.78 is 5.51. The molecule has 1 aliphatic rings. The molecule has 1 aromatic carbocycles. The monoisotopic (exact) mass is 343 g/mol. The number of para-hydroxylation sites is 1. The zero-order valence-electron chi connectivity index (χ0n) is 11.9. The summed E-state index contributed by atoms with van der Waals surface area (Å²) in [4.78, 5) is 34.1. The van der Waals surface area contributed by atoms with Crippen LogP contribution in [0, 0.1) is 10.1 Å². The molecule has 0 saturated carbocycles. The summed E-state index contributed by atoms with van der Waals surface area (Å²) in [5, 5.41) is 15.6. The SMILES string of the molecule is O=C1NC(=S)NC(=O)C1=Cc1ccc(-c2ccccc2[N+](=O)[O-])o1. The number of hydrogen-bond acceptors (Lipinski definition) is 6. The predicted octanol–water partition coefficient (Wildman–Crippen LogP) is 1.77. The first kappa shape index (κ1) is 15.6. The number of carbonyl (C=O) groups is 2. The van der Waals surface area contributed by atoms with Crippen LogP contribution in [0.5, 0.6) is 0 Å². The highest BCUT2D eigenvalue weighted by Gasteiger charge is 2.26. The largest absolute Gasteiger partial charge is 0.456 e. The Morgan fingerprint density at radius 3 is 2.42 bits per heavy atom. The van der Waals surface area contributed by atoms with Crippen LogP contribution < -0.4 is 10.6 Å². The number of nitro groups is 1. The van der Waals surface area contributed by atoms with Crippen LogP contribution in [-0.4, -0.2) is 21.9 Å². The molecule has 2 heterocycles. The Morgan fingerprint density at radius 2 is 1.75 bits per heavy atom. The van der Waals surface area contributed by atoms with Gasteiger partial charge in [0.2, 0.25) is 0 Å². The van der Waals surface area contributed by atoms with Gasteiger partial charge in [0.05, 0.1) is 10.5 Å². The third-order valence-electron chi connectivity index (χ3n) is 3.22. The minimum Gasteiger partial charge on any atom is -0.456 e. The first-order valence-electron chi connectivity index (χ1n) is 6.67. The lowest BCUT2D eigenvalue weighted by molar-refractivity contribution is -0.384. The van der Waals surface area contributed by atoms with Crippen molar-refractivity contribution in [2.45, 2.75) is 0 Å². The smallest absolute Gasteiger partial charge is 0.280 e. The van der Waals surface area contributed by atoms with E-state index >= 15 is 0 Å². The number of nitro benzene ring substituents is 1. The summed E-state index contributed by atoms with van der Waals surface area (Å²) in [7, 11) is 0. The van der Waals surface area contributed by atoms with Gasteiger partial charge >= 0.3 is 0 Å². The van der Waals surface area contributed by atoms with Gasteiger partial charge in [-0.05, 0) is 36.5 Å². The van der Waals surface area contributed by atoms with Crippen LogP contribution in [0.4, 0.5) is 5.69 Å². The van der Waals surface area contributed by atoms with Crippen molar-refractivity contribution >= 4 is 40.9 Å². The van der Waals surface area contributed by atoms with E-state index < -0.39 is 16.7 Å². The number of nitrogens with one attached hydrogen (secondary N) is 2. The third kappa shape index (κ3) is 2.92. The molecular formula is C15H9N3O5S. The second kappa shape index (κ2) is 6.05. The van der Waals surface area contributed by atoms with E-state index in [2.05, 4.69) is 10.6 Å². The zero-order chi connectivity index (χ0) is 17.3. The van der Waals surface area contributed by atoms with Crippen molar-refractivity contribution < 1.29 is 18.9 Å². The van der Waals surface area contributed by atoms with E-state index in [0.717, 1.165) is 0 Å². The molecule has 2 aromatic rings. The molecule has 8 nitrogen and oxygen atoms in total. The van der Waals surface area contributed by atoms with E-state index in [4.69, 9.17) is 16.6 Å². The number of nitrogens with zero attached hydrogens (tertiary/aromatic N) is 1. The molecule has 3 rings (SSSR count). The van der Waals surface area contributed by atoms with Crippen LogP contribution >= 0.6 is 12.2 Å². The highest BCUT2D eigenvalue weighted by Crippen LogP contribution is 2.31. The summed E-state index contributed by atoms with van der Waals surface area (Å²) in [6.07, 6.45) is 1.24. The van der Waals surface area contributed by atoms with Crippen molar-refractivity contribution in [3.8, 4) is 11.3 Å². The van der Waals surface area contributed by atoms with Gasteiger partial charge in [0, 0.05) is 6.07 Å². The standard InChI is InChI=1S/C15H9N3O5S/c19-13-10(14(20)17-15(24)16-13)7-8-5-6-12(23-8)9-3-1-2-4-11(9)18(21)22/h1-7H,(H2,16,17,19,20,24). The van der Waals surface area contributed by atoms with E-state index in [1.165, 1.54) is 24.3 Å². The average Bonchev–Trinajstić information content (AvgIpc) is 2.99. The van der Waals surface area contributed by atoms with E-state index in [0.29, 0.717) is 5.56 Å². The molecule has 1 saturated heterocycles. The number of furan rings is 1. The zero-order valence-corrected chi connectivity index (χ0v) is 12.8. The molecule has 0 atom stereocenters. The Hall–Kier alpha value is -3.33. The molecule has 24 heavy (non-hydrogen) atoms. The molecule has 2 N–H and O–H groups in total. The van der Waals surface area contributed by atoms with Crippen LogP contribution in [0.25, 0.3) is 17.4 Å². The molecule has 2 amide bonds. The lowest BCUT2D eigenvalue weighted by Crippen LogP contribution is -2.51. The van der Waals surface area contributed by atoms with Crippen LogP contribution in [-0.2, 0) is 9.59 Å². The van der Waals surface area contributed by atoms with Gasteiger partial charge in [-0.15, -0.1) is 0 Å². The summed E-state index contributed by atoms with van der Waals surface area (Å²) in [5.74, 6) is -0.836. The fourth-order valence-corrected chi connectivity index (χ4v) is 2.35. The number of amides is 2. The van der Waals surface area contributed by atoms with Crippen LogP contribution in [0.1, 0.15) is 5.76 Å². The minimum atomic E-state index is -0.646. The van der Waals surface area contributed by atoms with Gasteiger partial charge in [0.25, 0.3) is 17.5 Å².